The summed E-state index contributed by atoms with van der Waals surface area (Å²) < 4.78 is 0. The molecule has 0 aromatic rings. The van der Waals surface area contributed by atoms with Crippen LogP contribution in [0.5, 0.6) is 0 Å². The zero-order valence-corrected chi connectivity index (χ0v) is 12.4. The highest BCUT2D eigenvalue weighted by Crippen LogP contribution is 2.00. The molecule has 0 fully saturated rings. The van der Waals surface area contributed by atoms with Crippen molar-refractivity contribution in [3.05, 3.63) is 0 Å². The first-order chi connectivity index (χ1) is 6.68. The lowest BCUT2D eigenvalue weighted by Gasteiger charge is -1.95. The Bertz CT molecular complexity index is 35.3. The maximum Gasteiger partial charge on any atom is -0.0471 e. The van der Waals surface area contributed by atoms with Crippen LogP contribution in [0, 0.1) is 5.92 Å². The van der Waals surface area contributed by atoms with E-state index in [2.05, 4.69) is 34.6 Å². The minimum Gasteiger partial charge on any atom is -0.0683 e. The maximum absolute atomic E-state index is 2.25. The van der Waals surface area contributed by atoms with Crippen molar-refractivity contribution in [2.75, 3.05) is 0 Å². The lowest BCUT2D eigenvalue weighted by Crippen LogP contribution is -1.81. The van der Waals surface area contributed by atoms with E-state index in [9.17, 15) is 0 Å². The van der Waals surface area contributed by atoms with Crippen LogP contribution in [0.4, 0.5) is 0 Å². The molecular weight excluding hydrogens is 168 g/mol. The van der Waals surface area contributed by atoms with Gasteiger partial charge in [0.15, 0.2) is 0 Å². The summed E-state index contributed by atoms with van der Waals surface area (Å²) >= 11 is 0. The molecule has 0 saturated carbocycles. The van der Waals surface area contributed by atoms with Crippen LogP contribution in [0.1, 0.15) is 88.0 Å². The zero-order valence-electron chi connectivity index (χ0n) is 12.4. The van der Waals surface area contributed by atoms with Crippen molar-refractivity contribution in [2.45, 2.75) is 88.0 Å². The molecule has 0 heterocycles. The molecule has 0 aromatic carbocycles. The largest absolute Gasteiger partial charge is 0.0683 e. The normalized spacial score (nSPS) is 7.29. The second kappa shape index (κ2) is 38.2. The van der Waals surface area contributed by atoms with Crippen molar-refractivity contribution >= 4 is 0 Å². The Hall–Kier alpha value is 0. The van der Waals surface area contributed by atoms with E-state index in [1.807, 2.05) is 27.7 Å². The van der Waals surface area contributed by atoms with Crippen LogP contribution < -0.4 is 0 Å². The van der Waals surface area contributed by atoms with Crippen LogP contribution in [0.2, 0.25) is 0 Å². The topological polar surface area (TPSA) is 0 Å². The molecule has 0 aliphatic heterocycles. The highest BCUT2D eigenvalue weighted by Gasteiger charge is 1.85. The molecule has 0 saturated heterocycles. The smallest absolute Gasteiger partial charge is 0.0471 e. The fourth-order valence-corrected chi connectivity index (χ4v) is 0.577. The lowest BCUT2D eigenvalue weighted by molar-refractivity contribution is 0.576. The molecule has 0 aliphatic carbocycles. The average molecular weight is 204 g/mol. The third kappa shape index (κ3) is 90.8. The van der Waals surface area contributed by atoms with Gasteiger partial charge in [-0.05, 0) is 5.92 Å². The van der Waals surface area contributed by atoms with Gasteiger partial charge in [0.05, 0.1) is 0 Å². The number of rotatable bonds is 3. The maximum atomic E-state index is 2.25. The Morgan fingerprint density at radius 3 is 0.929 bits per heavy atom. The van der Waals surface area contributed by atoms with Crippen molar-refractivity contribution in [3.8, 4) is 0 Å². The van der Waals surface area contributed by atoms with E-state index in [0.717, 1.165) is 5.92 Å². The molecule has 0 radical (unpaired) electrons. The van der Waals surface area contributed by atoms with Crippen LogP contribution in [0.25, 0.3) is 0 Å². The molecule has 0 nitrogen and oxygen atoms in total. The Morgan fingerprint density at radius 2 is 0.929 bits per heavy atom. The van der Waals surface area contributed by atoms with Crippen molar-refractivity contribution in [3.63, 3.8) is 0 Å². The number of hydrogen-bond donors (Lipinski definition) is 0. The molecule has 0 rings (SSSR count). The van der Waals surface area contributed by atoms with E-state index in [1.165, 1.54) is 25.7 Å². The van der Waals surface area contributed by atoms with E-state index in [-0.39, 0.29) is 0 Å². The summed E-state index contributed by atoms with van der Waals surface area (Å²) in [7, 11) is 0. The van der Waals surface area contributed by atoms with Crippen LogP contribution in [-0.2, 0) is 0 Å². The van der Waals surface area contributed by atoms with Crippen molar-refractivity contribution in [2.24, 2.45) is 5.92 Å². The Balaban J connectivity index is -0.0000000546. The van der Waals surface area contributed by atoms with Gasteiger partial charge in [-0.1, -0.05) is 88.0 Å². The third-order valence-corrected chi connectivity index (χ3v) is 1.37. The Labute approximate surface area is 94.5 Å². The second-order valence-corrected chi connectivity index (χ2v) is 3.18. The molecule has 0 spiro atoms. The third-order valence-electron chi connectivity index (χ3n) is 1.37. The molecule has 0 heteroatoms. The second-order valence-electron chi connectivity index (χ2n) is 3.18. The number of hydrogen-bond acceptors (Lipinski definition) is 0. The van der Waals surface area contributed by atoms with E-state index in [4.69, 9.17) is 0 Å². The van der Waals surface area contributed by atoms with E-state index < -0.39 is 0 Å². The van der Waals surface area contributed by atoms with Gasteiger partial charge in [-0.3, -0.25) is 0 Å². The first kappa shape index (κ1) is 23.7. The van der Waals surface area contributed by atoms with Gasteiger partial charge in [0, 0.05) is 0 Å². The van der Waals surface area contributed by atoms with Gasteiger partial charge < -0.3 is 0 Å². The highest BCUT2D eigenvalue weighted by atomic mass is 13.9. The molecule has 0 aromatic heterocycles. The van der Waals surface area contributed by atoms with E-state index in [1.54, 1.807) is 0 Å². The van der Waals surface area contributed by atoms with E-state index in [0.29, 0.717) is 0 Å². The van der Waals surface area contributed by atoms with Crippen LogP contribution >= 0.6 is 0 Å². The molecular formula is C14H36. The number of unbranched alkanes of at least 4 members (excludes halogenated alkanes) is 1. The van der Waals surface area contributed by atoms with Crippen molar-refractivity contribution < 1.29 is 0 Å². The van der Waals surface area contributed by atoms with Gasteiger partial charge in [0.2, 0.25) is 0 Å². The summed E-state index contributed by atoms with van der Waals surface area (Å²) in [6.45, 7) is 19.1. The molecule has 14 heavy (non-hydrogen) atoms. The van der Waals surface area contributed by atoms with Crippen molar-refractivity contribution in [1.29, 1.82) is 0 Å². The molecule has 0 aliphatic rings. The predicted octanol–water partition coefficient (Wildman–Crippen LogP) is 6.30. The SMILES string of the molecule is CC.CC.CCCC.CCCC(C)C. The minimum absolute atomic E-state index is 0.898. The van der Waals surface area contributed by atoms with Crippen molar-refractivity contribution in [1.82, 2.24) is 0 Å². The fraction of sp³-hybridized carbons (Fsp3) is 1.00. The summed E-state index contributed by atoms with van der Waals surface area (Å²) in [6.07, 6.45) is 5.34. The molecule has 0 atom stereocenters. The standard InChI is InChI=1S/C6H14.C4H10.2C2H6/c1-4-5-6(2)3;1-3-4-2;2*1-2/h6H,4-5H2,1-3H3;3-4H2,1-2H3;2*1-2H3. The quantitative estimate of drug-likeness (QED) is 0.506. The van der Waals surface area contributed by atoms with Crippen LogP contribution in [-0.4, -0.2) is 0 Å². The van der Waals surface area contributed by atoms with Gasteiger partial charge in [0.25, 0.3) is 0 Å². The highest BCUT2D eigenvalue weighted by molar-refractivity contribution is 4.38. The monoisotopic (exact) mass is 204 g/mol. The Kier molecular flexibility index (Phi) is 64.6. The van der Waals surface area contributed by atoms with Crippen LogP contribution in [0.3, 0.4) is 0 Å². The van der Waals surface area contributed by atoms with Gasteiger partial charge in [0.1, 0.15) is 0 Å². The van der Waals surface area contributed by atoms with Gasteiger partial charge >= 0.3 is 0 Å². The molecule has 0 amide bonds. The summed E-state index contributed by atoms with van der Waals surface area (Å²) in [4.78, 5) is 0. The molecule has 0 unspecified atom stereocenters. The molecule has 0 N–H and O–H groups in total. The minimum atomic E-state index is 0.898. The Morgan fingerprint density at radius 1 is 0.643 bits per heavy atom. The summed E-state index contributed by atoms with van der Waals surface area (Å²) in [6, 6.07) is 0. The van der Waals surface area contributed by atoms with Crippen LogP contribution in [0.15, 0.2) is 0 Å². The van der Waals surface area contributed by atoms with Gasteiger partial charge in [-0.2, -0.15) is 0 Å². The zero-order chi connectivity index (χ0) is 12.4. The summed E-state index contributed by atoms with van der Waals surface area (Å²) in [5.41, 5.74) is 0. The van der Waals surface area contributed by atoms with Gasteiger partial charge in [-0.25, -0.2) is 0 Å². The first-order valence-electron chi connectivity index (χ1n) is 6.68. The first-order valence-corrected chi connectivity index (χ1v) is 6.68. The fourth-order valence-electron chi connectivity index (χ4n) is 0.577. The molecule has 92 valence electrons. The average Bonchev–Trinajstić information content (AvgIpc) is 2.24. The van der Waals surface area contributed by atoms with E-state index >= 15 is 0 Å². The lowest BCUT2D eigenvalue weighted by atomic mass is 10.1. The van der Waals surface area contributed by atoms with Gasteiger partial charge in [-0.15, -0.1) is 0 Å². The predicted molar refractivity (Wildman–Crippen MR) is 73.0 cm³/mol. The summed E-state index contributed by atoms with van der Waals surface area (Å²) in [5.74, 6) is 0.898. The summed E-state index contributed by atoms with van der Waals surface area (Å²) in [5, 5.41) is 0. The molecule has 0 bridgehead atoms.